The summed E-state index contributed by atoms with van der Waals surface area (Å²) in [5.74, 6) is -1.45. The molecule has 27 heavy (non-hydrogen) atoms. The quantitative estimate of drug-likeness (QED) is 0.414. The van der Waals surface area contributed by atoms with E-state index >= 15 is 0 Å². The van der Waals surface area contributed by atoms with E-state index in [1.807, 2.05) is 0 Å². The lowest BCUT2D eigenvalue weighted by molar-refractivity contribution is -0.384. The van der Waals surface area contributed by atoms with Crippen molar-refractivity contribution in [3.05, 3.63) is 63.6 Å². The van der Waals surface area contributed by atoms with E-state index in [4.69, 9.17) is 4.74 Å². The van der Waals surface area contributed by atoms with Gasteiger partial charge in [-0.05, 0) is 31.5 Å². The van der Waals surface area contributed by atoms with Crippen LogP contribution >= 0.6 is 0 Å². The van der Waals surface area contributed by atoms with Gasteiger partial charge in [0.2, 0.25) is 0 Å². The molecule has 1 N–H and O–H groups in total. The molecule has 1 amide bonds. The van der Waals surface area contributed by atoms with E-state index in [1.54, 1.807) is 32.2 Å². The molecule has 3 aromatic rings. The van der Waals surface area contributed by atoms with Crippen LogP contribution in [0.5, 0.6) is 0 Å². The van der Waals surface area contributed by atoms with Gasteiger partial charge in [-0.3, -0.25) is 14.9 Å². The summed E-state index contributed by atoms with van der Waals surface area (Å²) in [4.78, 5) is 38.9. The monoisotopic (exact) mass is 369 g/mol. The second-order valence-corrected chi connectivity index (χ2v) is 5.75. The number of ether oxygens (including phenoxy) is 1. The van der Waals surface area contributed by atoms with Crippen LogP contribution in [0.4, 0.5) is 11.4 Å². The minimum absolute atomic E-state index is 0.0282. The number of nitro benzene ring substituents is 1. The Labute approximate surface area is 152 Å². The second-order valence-electron chi connectivity index (χ2n) is 5.75. The first kappa shape index (κ1) is 18.0. The minimum atomic E-state index is -0.755. The molecule has 0 atom stereocenters. The van der Waals surface area contributed by atoms with Gasteiger partial charge in [0.15, 0.2) is 12.3 Å². The lowest BCUT2D eigenvalue weighted by Crippen LogP contribution is -2.21. The fourth-order valence-corrected chi connectivity index (χ4v) is 2.52. The number of aromatic nitrogens is 3. The molecule has 0 aliphatic carbocycles. The Morgan fingerprint density at radius 2 is 2.11 bits per heavy atom. The molecule has 10 nitrogen and oxygen atoms in total. The van der Waals surface area contributed by atoms with Gasteiger partial charge in [-0.1, -0.05) is 6.07 Å². The normalized spacial score (nSPS) is 10.6. The zero-order valence-electron chi connectivity index (χ0n) is 14.5. The van der Waals surface area contributed by atoms with Gasteiger partial charge >= 0.3 is 5.97 Å². The number of amides is 1. The number of fused-ring (bicyclic) bond motifs is 1. The van der Waals surface area contributed by atoms with Gasteiger partial charge in [-0.2, -0.15) is 5.10 Å². The molecule has 0 bridgehead atoms. The molecule has 0 aliphatic heterocycles. The number of carbonyl (C=O) groups is 2. The standard InChI is InChI=1S/C17H15N5O5/c1-10-4-5-12(13(8-10)22(25)26)19-14(23)9-27-17(24)15-11(2)20-21-7-3-6-18-16(15)21/h3-8H,9H2,1-2H3,(H,19,23). The van der Waals surface area contributed by atoms with E-state index in [0.29, 0.717) is 16.9 Å². The van der Waals surface area contributed by atoms with Crippen LogP contribution in [-0.4, -0.2) is 38.0 Å². The number of carbonyl (C=O) groups excluding carboxylic acids is 2. The third-order valence-electron chi connectivity index (χ3n) is 3.73. The third kappa shape index (κ3) is 3.73. The number of nitrogens with zero attached hydrogens (tertiary/aromatic N) is 4. The Balaban J connectivity index is 1.70. The number of benzene rings is 1. The van der Waals surface area contributed by atoms with Crippen LogP contribution in [-0.2, 0) is 9.53 Å². The molecule has 0 fully saturated rings. The lowest BCUT2D eigenvalue weighted by atomic mass is 10.2. The number of rotatable bonds is 5. The van der Waals surface area contributed by atoms with Crippen molar-refractivity contribution >= 4 is 28.9 Å². The van der Waals surface area contributed by atoms with E-state index < -0.39 is 23.4 Å². The van der Waals surface area contributed by atoms with Gasteiger partial charge in [0.25, 0.3) is 11.6 Å². The Kier molecular flexibility index (Phi) is 4.79. The second kappa shape index (κ2) is 7.20. The fraction of sp³-hybridized carbons (Fsp3) is 0.176. The lowest BCUT2D eigenvalue weighted by Gasteiger charge is -2.07. The summed E-state index contributed by atoms with van der Waals surface area (Å²) in [6.45, 7) is 2.72. The summed E-state index contributed by atoms with van der Waals surface area (Å²) in [5, 5.41) is 17.6. The Hall–Kier alpha value is -3.82. The number of hydrogen-bond acceptors (Lipinski definition) is 7. The van der Waals surface area contributed by atoms with Gasteiger partial charge in [-0.15, -0.1) is 0 Å². The summed E-state index contributed by atoms with van der Waals surface area (Å²) < 4.78 is 6.45. The molecule has 0 saturated heterocycles. The van der Waals surface area contributed by atoms with E-state index in [0.717, 1.165) is 0 Å². The third-order valence-corrected chi connectivity index (χ3v) is 3.73. The molecular weight excluding hydrogens is 354 g/mol. The molecule has 138 valence electrons. The van der Waals surface area contributed by atoms with Crippen molar-refractivity contribution in [3.63, 3.8) is 0 Å². The zero-order chi connectivity index (χ0) is 19.6. The van der Waals surface area contributed by atoms with Gasteiger partial charge in [0.05, 0.1) is 10.6 Å². The minimum Gasteiger partial charge on any atom is -0.452 e. The van der Waals surface area contributed by atoms with Crippen LogP contribution < -0.4 is 5.32 Å². The first-order chi connectivity index (χ1) is 12.9. The van der Waals surface area contributed by atoms with Crippen LogP contribution in [0.2, 0.25) is 0 Å². The summed E-state index contributed by atoms with van der Waals surface area (Å²) in [7, 11) is 0. The highest BCUT2D eigenvalue weighted by Gasteiger charge is 2.21. The SMILES string of the molecule is Cc1ccc(NC(=O)COC(=O)c2c(C)nn3cccnc23)c([N+](=O)[O-])c1. The van der Waals surface area contributed by atoms with Crippen LogP contribution in [0, 0.1) is 24.0 Å². The summed E-state index contributed by atoms with van der Waals surface area (Å²) >= 11 is 0. The van der Waals surface area contributed by atoms with Gasteiger partial charge < -0.3 is 10.1 Å². The highest BCUT2D eigenvalue weighted by molar-refractivity contribution is 6.00. The highest BCUT2D eigenvalue weighted by atomic mass is 16.6. The maximum Gasteiger partial charge on any atom is 0.344 e. The van der Waals surface area contributed by atoms with Crippen LogP contribution in [0.15, 0.2) is 36.7 Å². The molecule has 3 rings (SSSR count). The summed E-state index contributed by atoms with van der Waals surface area (Å²) in [5.41, 5.74) is 1.35. The largest absolute Gasteiger partial charge is 0.452 e. The van der Waals surface area contributed by atoms with Crippen LogP contribution in [0.1, 0.15) is 21.6 Å². The van der Waals surface area contributed by atoms with Crippen molar-refractivity contribution in [2.45, 2.75) is 13.8 Å². The van der Waals surface area contributed by atoms with Crippen molar-refractivity contribution in [1.82, 2.24) is 14.6 Å². The maximum absolute atomic E-state index is 12.3. The fourth-order valence-electron chi connectivity index (χ4n) is 2.52. The van der Waals surface area contributed by atoms with E-state index in [-0.39, 0.29) is 16.9 Å². The van der Waals surface area contributed by atoms with E-state index in [2.05, 4.69) is 15.4 Å². The average molecular weight is 369 g/mol. The Bertz CT molecular complexity index is 1060. The Morgan fingerprint density at radius 1 is 1.33 bits per heavy atom. The molecule has 0 spiro atoms. The molecule has 0 unspecified atom stereocenters. The predicted molar refractivity (Wildman–Crippen MR) is 94.5 cm³/mol. The van der Waals surface area contributed by atoms with Gasteiger partial charge in [0.1, 0.15) is 11.3 Å². The number of esters is 1. The number of anilines is 1. The number of hydrogen-bond donors (Lipinski definition) is 1. The molecule has 2 aromatic heterocycles. The topological polar surface area (TPSA) is 129 Å². The number of nitrogens with one attached hydrogen (secondary N) is 1. The van der Waals surface area contributed by atoms with Crippen molar-refractivity contribution in [3.8, 4) is 0 Å². The smallest absolute Gasteiger partial charge is 0.344 e. The van der Waals surface area contributed by atoms with Crippen molar-refractivity contribution < 1.29 is 19.2 Å². The average Bonchev–Trinajstić information content (AvgIpc) is 2.96. The van der Waals surface area contributed by atoms with Gasteiger partial charge in [0, 0.05) is 18.5 Å². The van der Waals surface area contributed by atoms with Crippen LogP contribution in [0.25, 0.3) is 5.65 Å². The van der Waals surface area contributed by atoms with E-state index in [9.17, 15) is 19.7 Å². The van der Waals surface area contributed by atoms with Crippen molar-refractivity contribution in [2.75, 3.05) is 11.9 Å². The number of nitro groups is 1. The summed E-state index contributed by atoms with van der Waals surface area (Å²) in [6, 6.07) is 6.06. The van der Waals surface area contributed by atoms with Gasteiger partial charge in [-0.25, -0.2) is 14.3 Å². The highest BCUT2D eigenvalue weighted by Crippen LogP contribution is 2.25. The molecule has 10 heteroatoms. The zero-order valence-corrected chi connectivity index (χ0v) is 14.5. The first-order valence-electron chi connectivity index (χ1n) is 7.89. The molecular formula is C17H15N5O5. The summed E-state index contributed by atoms with van der Waals surface area (Å²) in [6.07, 6.45) is 3.14. The Morgan fingerprint density at radius 3 is 2.85 bits per heavy atom. The maximum atomic E-state index is 12.3. The molecule has 1 aromatic carbocycles. The first-order valence-corrected chi connectivity index (χ1v) is 7.89. The van der Waals surface area contributed by atoms with Crippen molar-refractivity contribution in [2.24, 2.45) is 0 Å². The molecule has 0 saturated carbocycles. The molecule has 0 radical (unpaired) electrons. The predicted octanol–water partition coefficient (Wildman–Crippen LogP) is 2.05. The molecule has 0 aliphatic rings. The van der Waals surface area contributed by atoms with Crippen LogP contribution in [0.3, 0.4) is 0 Å². The van der Waals surface area contributed by atoms with E-state index in [1.165, 1.54) is 22.8 Å². The van der Waals surface area contributed by atoms with Crippen molar-refractivity contribution in [1.29, 1.82) is 0 Å². The molecule has 2 heterocycles. The number of aryl methyl sites for hydroxylation is 2.